The molecule has 2 nitrogen and oxygen atoms in total. The molecule has 1 N–H and O–H groups in total. The molecule has 0 saturated carbocycles. The van der Waals surface area contributed by atoms with Crippen molar-refractivity contribution in [2.24, 2.45) is 0 Å². The summed E-state index contributed by atoms with van der Waals surface area (Å²) in [6, 6.07) is 0. The summed E-state index contributed by atoms with van der Waals surface area (Å²) >= 11 is 0. The number of aliphatic hydroxyl groups is 1. The lowest BCUT2D eigenvalue weighted by atomic mass is 10.1. The van der Waals surface area contributed by atoms with Crippen LogP contribution in [0.2, 0.25) is 0 Å². The second kappa shape index (κ2) is 6.39. The lowest BCUT2D eigenvalue weighted by Crippen LogP contribution is -1.93. The Morgan fingerprint density at radius 1 is 1.00 bits per heavy atom. The smallest absolute Gasteiger partial charge is 0.0841 e. The number of hydrogen-bond donors (Lipinski definition) is 1. The summed E-state index contributed by atoms with van der Waals surface area (Å²) in [4.78, 5) is 0. The molecule has 1 aliphatic rings. The maximum Gasteiger partial charge on any atom is 0.0841 e. The number of aliphatic hydroxyl groups excluding tert-OH is 1. The van der Waals surface area contributed by atoms with Gasteiger partial charge in [0.25, 0.3) is 0 Å². The molecule has 0 radical (unpaired) electrons. The standard InChI is InChI=1S/C11H22O2/c1-2-7-10-11(13-10)8-5-3-4-6-9-12/h10-12H,2-9H2,1H3. The Morgan fingerprint density at radius 2 is 1.69 bits per heavy atom. The van der Waals surface area contributed by atoms with Gasteiger partial charge in [0.05, 0.1) is 12.2 Å². The van der Waals surface area contributed by atoms with Gasteiger partial charge in [0, 0.05) is 6.61 Å². The number of rotatable bonds is 8. The molecule has 13 heavy (non-hydrogen) atoms. The molecule has 1 rings (SSSR count). The number of ether oxygens (including phenoxy) is 1. The molecule has 0 aromatic rings. The molecule has 2 heteroatoms. The second-order valence-corrected chi connectivity index (χ2v) is 3.93. The quantitative estimate of drug-likeness (QED) is 0.466. The first kappa shape index (κ1) is 11.0. The number of epoxide rings is 1. The molecule has 0 bridgehead atoms. The van der Waals surface area contributed by atoms with E-state index in [0.29, 0.717) is 18.8 Å². The highest BCUT2D eigenvalue weighted by Gasteiger charge is 2.36. The van der Waals surface area contributed by atoms with E-state index in [2.05, 4.69) is 6.92 Å². The van der Waals surface area contributed by atoms with Gasteiger partial charge in [-0.25, -0.2) is 0 Å². The van der Waals surface area contributed by atoms with Crippen molar-refractivity contribution in [3.05, 3.63) is 0 Å². The average Bonchev–Trinajstić information content (AvgIpc) is 2.84. The molecule has 0 aliphatic carbocycles. The summed E-state index contributed by atoms with van der Waals surface area (Å²) in [7, 11) is 0. The number of hydrogen-bond acceptors (Lipinski definition) is 2. The molecular formula is C11H22O2. The minimum Gasteiger partial charge on any atom is -0.396 e. The summed E-state index contributed by atoms with van der Waals surface area (Å²) in [5.74, 6) is 0. The highest BCUT2D eigenvalue weighted by Crippen LogP contribution is 2.30. The SMILES string of the molecule is CCCC1OC1CCCCCCO. The monoisotopic (exact) mass is 186 g/mol. The van der Waals surface area contributed by atoms with E-state index in [0.717, 1.165) is 6.42 Å². The highest BCUT2D eigenvalue weighted by atomic mass is 16.6. The van der Waals surface area contributed by atoms with Crippen LogP contribution in [-0.2, 0) is 4.74 Å². The zero-order valence-electron chi connectivity index (χ0n) is 8.67. The summed E-state index contributed by atoms with van der Waals surface area (Å²) in [5, 5.41) is 8.57. The van der Waals surface area contributed by atoms with Crippen molar-refractivity contribution in [1.29, 1.82) is 0 Å². The van der Waals surface area contributed by atoms with E-state index in [1.165, 1.54) is 38.5 Å². The molecule has 0 aromatic carbocycles. The van der Waals surface area contributed by atoms with Gasteiger partial charge in [0.1, 0.15) is 0 Å². The zero-order chi connectivity index (χ0) is 9.52. The second-order valence-electron chi connectivity index (χ2n) is 3.93. The van der Waals surface area contributed by atoms with Crippen LogP contribution in [0.1, 0.15) is 51.9 Å². The van der Waals surface area contributed by atoms with Crippen molar-refractivity contribution in [3.8, 4) is 0 Å². The number of unbranched alkanes of at least 4 members (excludes halogenated alkanes) is 3. The van der Waals surface area contributed by atoms with Crippen LogP contribution in [0, 0.1) is 0 Å². The fourth-order valence-electron chi connectivity index (χ4n) is 1.78. The van der Waals surface area contributed by atoms with Gasteiger partial charge in [-0.05, 0) is 19.3 Å². The van der Waals surface area contributed by atoms with Crippen LogP contribution >= 0.6 is 0 Å². The van der Waals surface area contributed by atoms with Crippen LogP contribution in [-0.4, -0.2) is 23.9 Å². The molecule has 0 aromatic heterocycles. The molecule has 2 unspecified atom stereocenters. The molecular weight excluding hydrogens is 164 g/mol. The first-order valence-electron chi connectivity index (χ1n) is 5.64. The third-order valence-electron chi connectivity index (χ3n) is 2.66. The van der Waals surface area contributed by atoms with Crippen LogP contribution in [0.25, 0.3) is 0 Å². The minimum absolute atomic E-state index is 0.346. The van der Waals surface area contributed by atoms with Gasteiger partial charge in [-0.15, -0.1) is 0 Å². The predicted octanol–water partition coefficient (Wildman–Crippen LogP) is 2.50. The first-order valence-corrected chi connectivity index (χ1v) is 5.64. The normalized spacial score (nSPS) is 26.3. The maximum atomic E-state index is 8.57. The Bertz CT molecular complexity index is 125. The van der Waals surface area contributed by atoms with Crippen LogP contribution in [0.3, 0.4) is 0 Å². The van der Waals surface area contributed by atoms with Gasteiger partial charge in [0.2, 0.25) is 0 Å². The Balaban J connectivity index is 1.80. The molecule has 1 heterocycles. The van der Waals surface area contributed by atoms with Gasteiger partial charge in [-0.1, -0.05) is 32.6 Å². The van der Waals surface area contributed by atoms with E-state index in [1.54, 1.807) is 0 Å². The van der Waals surface area contributed by atoms with Gasteiger partial charge in [-0.2, -0.15) is 0 Å². The van der Waals surface area contributed by atoms with Crippen LogP contribution in [0.5, 0.6) is 0 Å². The average molecular weight is 186 g/mol. The van der Waals surface area contributed by atoms with Crippen molar-refractivity contribution in [1.82, 2.24) is 0 Å². The van der Waals surface area contributed by atoms with Crippen LogP contribution in [0.15, 0.2) is 0 Å². The van der Waals surface area contributed by atoms with Gasteiger partial charge in [-0.3, -0.25) is 0 Å². The van der Waals surface area contributed by atoms with Crippen LogP contribution < -0.4 is 0 Å². The van der Waals surface area contributed by atoms with Crippen molar-refractivity contribution >= 4 is 0 Å². The van der Waals surface area contributed by atoms with E-state index in [9.17, 15) is 0 Å². The topological polar surface area (TPSA) is 32.8 Å². The van der Waals surface area contributed by atoms with Gasteiger partial charge in [0.15, 0.2) is 0 Å². The fourth-order valence-corrected chi connectivity index (χ4v) is 1.78. The van der Waals surface area contributed by atoms with Crippen molar-refractivity contribution in [2.45, 2.75) is 64.1 Å². The minimum atomic E-state index is 0.346. The van der Waals surface area contributed by atoms with E-state index in [4.69, 9.17) is 9.84 Å². The molecule has 1 aliphatic heterocycles. The largest absolute Gasteiger partial charge is 0.396 e. The third kappa shape index (κ3) is 4.63. The van der Waals surface area contributed by atoms with Crippen molar-refractivity contribution in [3.63, 3.8) is 0 Å². The Labute approximate surface area is 81.3 Å². The summed E-state index contributed by atoms with van der Waals surface area (Å²) in [6.07, 6.45) is 9.52. The molecule has 2 atom stereocenters. The summed E-state index contributed by atoms with van der Waals surface area (Å²) in [5.41, 5.74) is 0. The Kier molecular flexibility index (Phi) is 5.40. The summed E-state index contributed by atoms with van der Waals surface area (Å²) in [6.45, 7) is 2.55. The van der Waals surface area contributed by atoms with Gasteiger partial charge < -0.3 is 9.84 Å². The highest BCUT2D eigenvalue weighted by molar-refractivity contribution is 4.83. The van der Waals surface area contributed by atoms with E-state index in [1.807, 2.05) is 0 Å². The van der Waals surface area contributed by atoms with E-state index < -0.39 is 0 Å². The van der Waals surface area contributed by atoms with E-state index in [-0.39, 0.29) is 0 Å². The van der Waals surface area contributed by atoms with Crippen molar-refractivity contribution in [2.75, 3.05) is 6.61 Å². The zero-order valence-corrected chi connectivity index (χ0v) is 8.67. The van der Waals surface area contributed by atoms with Crippen molar-refractivity contribution < 1.29 is 9.84 Å². The van der Waals surface area contributed by atoms with Gasteiger partial charge >= 0.3 is 0 Å². The molecule has 1 saturated heterocycles. The molecule has 0 spiro atoms. The van der Waals surface area contributed by atoms with E-state index >= 15 is 0 Å². The lowest BCUT2D eigenvalue weighted by molar-refractivity contribution is 0.281. The predicted molar refractivity (Wildman–Crippen MR) is 53.7 cm³/mol. The molecule has 0 amide bonds. The third-order valence-corrected chi connectivity index (χ3v) is 2.66. The van der Waals surface area contributed by atoms with Crippen LogP contribution in [0.4, 0.5) is 0 Å². The Hall–Kier alpha value is -0.0800. The molecule has 1 fully saturated rings. The molecule has 78 valence electrons. The lowest BCUT2D eigenvalue weighted by Gasteiger charge is -1.96. The Morgan fingerprint density at radius 3 is 2.38 bits per heavy atom. The summed E-state index contributed by atoms with van der Waals surface area (Å²) < 4.78 is 5.51. The first-order chi connectivity index (χ1) is 6.38. The maximum absolute atomic E-state index is 8.57. The fraction of sp³-hybridized carbons (Fsp3) is 1.00.